The van der Waals surface area contributed by atoms with E-state index in [1.807, 2.05) is 27.3 Å². The van der Waals surface area contributed by atoms with Crippen LogP contribution in [0.25, 0.3) is 16.7 Å². The number of sulfonamides is 1. The number of nitrogens with zero attached hydrogens (tertiary/aromatic N) is 3. The van der Waals surface area contributed by atoms with Gasteiger partial charge in [-0.1, -0.05) is 0 Å². The molecule has 0 radical (unpaired) electrons. The summed E-state index contributed by atoms with van der Waals surface area (Å²) in [5.74, 6) is -1.52. The molecule has 3 heterocycles. The second-order valence-electron chi connectivity index (χ2n) is 9.45. The van der Waals surface area contributed by atoms with E-state index in [0.717, 1.165) is 13.7 Å². The fourth-order valence-electron chi connectivity index (χ4n) is 4.88. The van der Waals surface area contributed by atoms with Gasteiger partial charge in [0.2, 0.25) is 0 Å². The number of aryl methyl sites for hydroxylation is 1. The minimum Gasteiger partial charge on any atom is -0.354 e. The molecule has 11 nitrogen and oxygen atoms in total. The SMILES string of the molecule is Cc1c(Nc2ccc3c(c2)C(=O)NS3(=O)=O)c2c(=O)n(C3CC3)c(=O)n(-c3ccc(I)cc3F)c2n(C)c1=O. The molecule has 39 heavy (non-hydrogen) atoms. The first kappa shape index (κ1) is 25.5. The molecule has 6 rings (SSSR count). The number of hydrogen-bond acceptors (Lipinski definition) is 7. The van der Waals surface area contributed by atoms with Gasteiger partial charge in [0.25, 0.3) is 27.0 Å². The standard InChI is InChI=1S/C25H19FIN5O6S/c1-11-20(28-13-4-8-18-15(10-13)21(33)29-39(18,37)38)19-22(30(2)23(11)34)32(17-7-3-12(27)9-16(17)26)25(36)31(24(19)35)14-5-6-14/h3-4,7-10,14,28H,5-6H2,1-2H3,(H,29,33). The number of hydrogen-bond donors (Lipinski definition) is 2. The summed E-state index contributed by atoms with van der Waals surface area (Å²) in [6.45, 7) is 1.50. The van der Waals surface area contributed by atoms with Gasteiger partial charge in [-0.3, -0.25) is 23.5 Å². The Bertz CT molecular complexity index is 2080. The van der Waals surface area contributed by atoms with E-state index in [0.29, 0.717) is 16.4 Å². The highest BCUT2D eigenvalue weighted by Gasteiger charge is 2.34. The summed E-state index contributed by atoms with van der Waals surface area (Å²) in [6.07, 6.45) is 1.19. The van der Waals surface area contributed by atoms with Crippen LogP contribution in [0.2, 0.25) is 0 Å². The predicted octanol–water partition coefficient (Wildman–Crippen LogP) is 2.41. The maximum Gasteiger partial charge on any atom is 0.337 e. The maximum absolute atomic E-state index is 15.2. The van der Waals surface area contributed by atoms with Crippen molar-refractivity contribution in [1.29, 1.82) is 0 Å². The first-order valence-electron chi connectivity index (χ1n) is 11.7. The first-order valence-corrected chi connectivity index (χ1v) is 14.3. The molecule has 14 heteroatoms. The van der Waals surface area contributed by atoms with E-state index < -0.39 is 38.6 Å². The van der Waals surface area contributed by atoms with Crippen LogP contribution < -0.4 is 26.8 Å². The van der Waals surface area contributed by atoms with Crippen molar-refractivity contribution in [2.45, 2.75) is 30.7 Å². The van der Waals surface area contributed by atoms with Gasteiger partial charge in [0.15, 0.2) is 0 Å². The van der Waals surface area contributed by atoms with Gasteiger partial charge < -0.3 is 5.32 Å². The highest BCUT2D eigenvalue weighted by atomic mass is 127. The van der Waals surface area contributed by atoms with Crippen molar-refractivity contribution in [3.8, 4) is 5.69 Å². The van der Waals surface area contributed by atoms with E-state index in [1.54, 1.807) is 6.07 Å². The van der Waals surface area contributed by atoms with Crippen LogP contribution in [-0.2, 0) is 17.1 Å². The third kappa shape index (κ3) is 3.83. The van der Waals surface area contributed by atoms with Crippen LogP contribution in [-0.4, -0.2) is 28.0 Å². The normalized spacial score (nSPS) is 15.8. The van der Waals surface area contributed by atoms with Crippen molar-refractivity contribution in [2.24, 2.45) is 7.05 Å². The van der Waals surface area contributed by atoms with Crippen molar-refractivity contribution < 1.29 is 17.6 Å². The zero-order valence-electron chi connectivity index (χ0n) is 20.4. The van der Waals surface area contributed by atoms with Gasteiger partial charge in [0.1, 0.15) is 21.7 Å². The Morgan fingerprint density at radius 3 is 2.44 bits per heavy atom. The van der Waals surface area contributed by atoms with Gasteiger partial charge in [0.05, 0.1) is 16.9 Å². The number of aromatic nitrogens is 3. The Hall–Kier alpha value is -3.79. The van der Waals surface area contributed by atoms with Crippen molar-refractivity contribution in [2.75, 3.05) is 5.32 Å². The molecule has 1 amide bonds. The summed E-state index contributed by atoms with van der Waals surface area (Å²) in [6, 6.07) is 7.83. The van der Waals surface area contributed by atoms with Gasteiger partial charge in [0, 0.05) is 27.9 Å². The van der Waals surface area contributed by atoms with E-state index in [1.165, 1.54) is 44.3 Å². The van der Waals surface area contributed by atoms with E-state index in [-0.39, 0.29) is 50.2 Å². The van der Waals surface area contributed by atoms with Crippen LogP contribution in [0.4, 0.5) is 15.8 Å². The summed E-state index contributed by atoms with van der Waals surface area (Å²) in [5, 5.41) is 2.97. The number of benzene rings is 2. The molecule has 2 aromatic heterocycles. The lowest BCUT2D eigenvalue weighted by Gasteiger charge is -2.20. The molecule has 2 aliphatic rings. The highest BCUT2D eigenvalue weighted by Crippen LogP contribution is 2.35. The van der Waals surface area contributed by atoms with Crippen LogP contribution in [0.15, 0.2) is 55.7 Å². The van der Waals surface area contributed by atoms with Crippen molar-refractivity contribution in [3.63, 3.8) is 0 Å². The number of nitrogens with one attached hydrogen (secondary N) is 2. The average Bonchev–Trinajstić information content (AvgIpc) is 3.67. The molecule has 2 N–H and O–H groups in total. The van der Waals surface area contributed by atoms with Gasteiger partial charge in [-0.15, -0.1) is 0 Å². The molecule has 2 aromatic carbocycles. The summed E-state index contributed by atoms with van der Waals surface area (Å²) < 4.78 is 45.3. The van der Waals surface area contributed by atoms with E-state index in [2.05, 4.69) is 5.32 Å². The lowest BCUT2D eigenvalue weighted by Crippen LogP contribution is -2.42. The molecule has 4 aromatic rings. The average molecular weight is 663 g/mol. The molecule has 1 saturated carbocycles. The number of fused-ring (bicyclic) bond motifs is 2. The number of carbonyl (C=O) groups excluding carboxylic acids is 1. The fraction of sp³-hybridized carbons (Fsp3) is 0.200. The predicted molar refractivity (Wildman–Crippen MR) is 149 cm³/mol. The van der Waals surface area contributed by atoms with Gasteiger partial charge >= 0.3 is 5.69 Å². The Labute approximate surface area is 233 Å². The summed E-state index contributed by atoms with van der Waals surface area (Å²) in [7, 11) is -2.57. The molecular formula is C25H19FIN5O6S. The third-order valence-electron chi connectivity index (χ3n) is 6.91. The number of rotatable bonds is 4. The monoisotopic (exact) mass is 663 g/mol. The summed E-state index contributed by atoms with van der Waals surface area (Å²) >= 11 is 1.94. The van der Waals surface area contributed by atoms with Crippen LogP contribution in [0, 0.1) is 16.3 Å². The van der Waals surface area contributed by atoms with Crippen molar-refractivity contribution in [1.82, 2.24) is 18.4 Å². The summed E-state index contributed by atoms with van der Waals surface area (Å²) in [5.41, 5.74) is -1.86. The molecule has 1 aliphatic heterocycles. The minimum atomic E-state index is -3.97. The van der Waals surface area contributed by atoms with Gasteiger partial charge in [-0.25, -0.2) is 26.9 Å². The number of pyridine rings is 1. The zero-order valence-corrected chi connectivity index (χ0v) is 23.4. The van der Waals surface area contributed by atoms with E-state index in [9.17, 15) is 27.6 Å². The third-order valence-corrected chi connectivity index (χ3v) is 8.97. The second kappa shape index (κ2) is 8.61. The molecule has 0 saturated heterocycles. The molecule has 1 aliphatic carbocycles. The molecule has 0 atom stereocenters. The number of anilines is 2. The van der Waals surface area contributed by atoms with Crippen molar-refractivity contribution >= 4 is 60.9 Å². The number of halogens is 2. The molecule has 0 unspecified atom stereocenters. The highest BCUT2D eigenvalue weighted by molar-refractivity contribution is 14.1. The molecular weight excluding hydrogens is 644 g/mol. The van der Waals surface area contributed by atoms with Gasteiger partial charge in [-0.05, 0) is 78.8 Å². The smallest absolute Gasteiger partial charge is 0.337 e. The Morgan fingerprint density at radius 2 is 1.77 bits per heavy atom. The van der Waals surface area contributed by atoms with Gasteiger partial charge in [-0.2, -0.15) is 0 Å². The number of carbonyl (C=O) groups is 1. The Morgan fingerprint density at radius 1 is 1.05 bits per heavy atom. The Kier molecular flexibility index (Phi) is 5.62. The molecule has 1 fully saturated rings. The van der Waals surface area contributed by atoms with E-state index in [4.69, 9.17) is 0 Å². The van der Waals surface area contributed by atoms with Crippen LogP contribution in [0.1, 0.15) is 34.8 Å². The Balaban J connectivity index is 1.70. The number of amides is 1. The second-order valence-corrected chi connectivity index (χ2v) is 12.3. The molecule has 200 valence electrons. The first-order chi connectivity index (χ1) is 18.4. The fourth-order valence-corrected chi connectivity index (χ4v) is 6.48. The largest absolute Gasteiger partial charge is 0.354 e. The molecule has 0 spiro atoms. The molecule has 0 bridgehead atoms. The van der Waals surface area contributed by atoms with E-state index >= 15 is 4.39 Å². The lowest BCUT2D eigenvalue weighted by atomic mass is 10.1. The maximum atomic E-state index is 15.2. The minimum absolute atomic E-state index is 0.0309. The summed E-state index contributed by atoms with van der Waals surface area (Å²) in [4.78, 5) is 52.9. The van der Waals surface area contributed by atoms with Crippen molar-refractivity contribution in [3.05, 3.63) is 88.1 Å². The lowest BCUT2D eigenvalue weighted by molar-refractivity contribution is 0.0985. The van der Waals surface area contributed by atoms with Crippen LogP contribution >= 0.6 is 22.6 Å². The van der Waals surface area contributed by atoms with Crippen LogP contribution in [0.5, 0.6) is 0 Å². The quantitative estimate of drug-likeness (QED) is 0.320. The van der Waals surface area contributed by atoms with Crippen LogP contribution in [0.3, 0.4) is 0 Å². The zero-order chi connectivity index (χ0) is 28.0. The topological polar surface area (TPSA) is 141 Å².